The van der Waals surface area contributed by atoms with Gasteiger partial charge in [-0.2, -0.15) is 0 Å². The van der Waals surface area contributed by atoms with Crippen LogP contribution in [0.5, 0.6) is 17.2 Å². The van der Waals surface area contributed by atoms with Crippen molar-refractivity contribution in [2.75, 3.05) is 51.9 Å². The lowest BCUT2D eigenvalue weighted by Gasteiger charge is -2.24. The number of likely N-dealkylation sites (N-methyl/N-ethyl adjacent to an activating group) is 1. The largest absolute Gasteiger partial charge is 0.497 e. The molecule has 33 heavy (non-hydrogen) atoms. The lowest BCUT2D eigenvalue weighted by molar-refractivity contribution is -0.120. The number of ether oxygens (including phenoxy) is 3. The number of anilines is 1. The summed E-state index contributed by atoms with van der Waals surface area (Å²) in [6, 6.07) is 11.1. The second kappa shape index (κ2) is 12.6. The van der Waals surface area contributed by atoms with E-state index in [1.165, 1.54) is 11.3 Å². The number of hydrogen-bond acceptors (Lipinski definition) is 7. The Morgan fingerprint density at radius 1 is 0.970 bits per heavy atom. The summed E-state index contributed by atoms with van der Waals surface area (Å²) in [5.74, 6) is 1.93. The number of fused-ring (bicyclic) bond motifs is 1. The van der Waals surface area contributed by atoms with Gasteiger partial charge in [0.05, 0.1) is 18.9 Å². The molecule has 0 spiro atoms. The molecule has 0 aliphatic rings. The summed E-state index contributed by atoms with van der Waals surface area (Å²) in [6.07, 6.45) is 0. The Hall–Kier alpha value is -2.55. The van der Waals surface area contributed by atoms with Crippen molar-refractivity contribution in [3.8, 4) is 17.2 Å². The lowest BCUT2D eigenvalue weighted by Crippen LogP contribution is -2.41. The highest BCUT2D eigenvalue weighted by Gasteiger charge is 2.22. The average Bonchev–Trinajstić information content (AvgIpc) is 3.27. The molecular weight excluding hydrogens is 462 g/mol. The molecule has 180 valence electrons. The molecule has 1 heterocycles. The van der Waals surface area contributed by atoms with Gasteiger partial charge in [-0.15, -0.1) is 12.4 Å². The Kier molecular flexibility index (Phi) is 10.2. The first kappa shape index (κ1) is 26.7. The molecule has 7 nitrogen and oxygen atoms in total. The van der Waals surface area contributed by atoms with Gasteiger partial charge in [0, 0.05) is 13.1 Å². The van der Waals surface area contributed by atoms with E-state index in [2.05, 4.69) is 18.7 Å². The molecule has 3 aromatic rings. The molecule has 0 aliphatic carbocycles. The standard InChI is InChI=1S/C24H31N3O4S.ClH/c1-6-26(7-2)14-15-27(21(28)16-31-19-11-9-18(29-4)10-12-19)24-25-22-20(30-5)13-8-17(3)23(22)32-24;/h8-13H,6-7,14-16H2,1-5H3;1H. The molecule has 0 unspecified atom stereocenters. The molecule has 0 bridgehead atoms. The molecule has 0 radical (unpaired) electrons. The van der Waals surface area contributed by atoms with Crippen LogP contribution in [0.25, 0.3) is 10.2 Å². The van der Waals surface area contributed by atoms with Crippen molar-refractivity contribution < 1.29 is 19.0 Å². The van der Waals surface area contributed by atoms with Crippen LogP contribution in [0.15, 0.2) is 36.4 Å². The summed E-state index contributed by atoms with van der Waals surface area (Å²) in [6.45, 7) is 9.35. The number of carbonyl (C=O) groups is 1. The van der Waals surface area contributed by atoms with Crippen molar-refractivity contribution in [2.45, 2.75) is 20.8 Å². The molecule has 0 atom stereocenters. The van der Waals surface area contributed by atoms with Crippen molar-refractivity contribution in [1.82, 2.24) is 9.88 Å². The average molecular weight is 494 g/mol. The Balaban J connectivity index is 0.00000385. The normalized spacial score (nSPS) is 10.7. The summed E-state index contributed by atoms with van der Waals surface area (Å²) in [5.41, 5.74) is 1.89. The van der Waals surface area contributed by atoms with Crippen molar-refractivity contribution in [3.05, 3.63) is 42.0 Å². The molecule has 0 saturated heterocycles. The minimum atomic E-state index is -0.136. The van der Waals surface area contributed by atoms with E-state index < -0.39 is 0 Å². The SMILES string of the molecule is CCN(CC)CCN(C(=O)COc1ccc(OC)cc1)c1nc2c(OC)ccc(C)c2s1.Cl. The predicted octanol–water partition coefficient (Wildman–Crippen LogP) is 4.80. The van der Waals surface area contributed by atoms with E-state index in [0.717, 1.165) is 41.2 Å². The Bertz CT molecular complexity index is 1040. The third kappa shape index (κ3) is 6.50. The summed E-state index contributed by atoms with van der Waals surface area (Å²) in [7, 11) is 3.25. The number of nitrogens with zero attached hydrogens (tertiary/aromatic N) is 3. The lowest BCUT2D eigenvalue weighted by atomic mass is 10.2. The molecule has 1 amide bonds. The van der Waals surface area contributed by atoms with E-state index in [1.807, 2.05) is 19.1 Å². The Morgan fingerprint density at radius 2 is 1.64 bits per heavy atom. The van der Waals surface area contributed by atoms with Crippen LogP contribution in [0.1, 0.15) is 19.4 Å². The summed E-state index contributed by atoms with van der Waals surface area (Å²) < 4.78 is 17.4. The topological polar surface area (TPSA) is 64.1 Å². The fraction of sp³-hybridized carbons (Fsp3) is 0.417. The van der Waals surface area contributed by atoms with Crippen LogP contribution in [-0.2, 0) is 4.79 Å². The van der Waals surface area contributed by atoms with Gasteiger partial charge in [-0.25, -0.2) is 4.98 Å². The van der Waals surface area contributed by atoms with Gasteiger partial charge in [-0.1, -0.05) is 31.3 Å². The number of aryl methyl sites for hydroxylation is 1. The molecule has 0 saturated carbocycles. The van der Waals surface area contributed by atoms with Crippen LogP contribution in [0.3, 0.4) is 0 Å². The van der Waals surface area contributed by atoms with E-state index in [1.54, 1.807) is 43.4 Å². The van der Waals surface area contributed by atoms with Gasteiger partial charge in [0.2, 0.25) is 0 Å². The second-order valence-corrected chi connectivity index (χ2v) is 8.27. The number of aromatic nitrogens is 1. The van der Waals surface area contributed by atoms with E-state index in [9.17, 15) is 4.79 Å². The number of hydrogen-bond donors (Lipinski definition) is 0. The molecule has 2 aromatic carbocycles. The monoisotopic (exact) mass is 493 g/mol. The zero-order valence-electron chi connectivity index (χ0n) is 19.8. The maximum absolute atomic E-state index is 13.2. The van der Waals surface area contributed by atoms with E-state index >= 15 is 0 Å². The van der Waals surface area contributed by atoms with Gasteiger partial charge in [-0.05, 0) is 55.9 Å². The van der Waals surface area contributed by atoms with Crippen LogP contribution in [-0.4, -0.2) is 62.8 Å². The highest BCUT2D eigenvalue weighted by Crippen LogP contribution is 2.36. The fourth-order valence-corrected chi connectivity index (χ4v) is 4.48. The quantitative estimate of drug-likeness (QED) is 0.382. The number of benzene rings is 2. The van der Waals surface area contributed by atoms with Gasteiger partial charge >= 0.3 is 0 Å². The van der Waals surface area contributed by atoms with E-state index in [4.69, 9.17) is 19.2 Å². The Labute approximate surface area is 205 Å². The molecule has 3 rings (SSSR count). The van der Waals surface area contributed by atoms with Crippen LogP contribution in [0.4, 0.5) is 5.13 Å². The van der Waals surface area contributed by atoms with Gasteiger partial charge in [-0.3, -0.25) is 9.69 Å². The number of thiazole rings is 1. The number of carbonyl (C=O) groups excluding carboxylic acids is 1. The zero-order valence-corrected chi connectivity index (χ0v) is 21.4. The summed E-state index contributed by atoms with van der Waals surface area (Å²) in [5, 5.41) is 0.656. The van der Waals surface area contributed by atoms with Crippen LogP contribution in [0, 0.1) is 6.92 Å². The van der Waals surface area contributed by atoms with Gasteiger partial charge < -0.3 is 19.1 Å². The minimum absolute atomic E-state index is 0. The van der Waals surface area contributed by atoms with Crippen molar-refractivity contribution in [3.63, 3.8) is 0 Å². The molecule has 0 aliphatic heterocycles. The molecular formula is C24H32ClN3O4S. The molecule has 0 fully saturated rings. The fourth-order valence-electron chi connectivity index (χ4n) is 3.38. The number of methoxy groups -OCH3 is 2. The first-order chi connectivity index (χ1) is 15.5. The molecule has 9 heteroatoms. The minimum Gasteiger partial charge on any atom is -0.497 e. The smallest absolute Gasteiger partial charge is 0.266 e. The first-order valence-electron chi connectivity index (χ1n) is 10.7. The van der Waals surface area contributed by atoms with E-state index in [-0.39, 0.29) is 24.9 Å². The number of halogens is 1. The van der Waals surface area contributed by atoms with Crippen molar-refractivity contribution >= 4 is 45.0 Å². The third-order valence-electron chi connectivity index (χ3n) is 5.40. The van der Waals surface area contributed by atoms with Gasteiger partial charge in [0.15, 0.2) is 11.7 Å². The highest BCUT2D eigenvalue weighted by molar-refractivity contribution is 7.22. The third-order valence-corrected chi connectivity index (χ3v) is 6.61. The van der Waals surface area contributed by atoms with Crippen molar-refractivity contribution in [2.24, 2.45) is 0 Å². The number of rotatable bonds is 11. The van der Waals surface area contributed by atoms with E-state index in [0.29, 0.717) is 23.2 Å². The van der Waals surface area contributed by atoms with Gasteiger partial charge in [0.25, 0.3) is 5.91 Å². The highest BCUT2D eigenvalue weighted by atomic mass is 35.5. The Morgan fingerprint density at radius 3 is 2.24 bits per heavy atom. The maximum atomic E-state index is 13.2. The summed E-state index contributed by atoms with van der Waals surface area (Å²) in [4.78, 5) is 22.0. The molecule has 1 aromatic heterocycles. The second-order valence-electron chi connectivity index (χ2n) is 7.30. The zero-order chi connectivity index (χ0) is 23.1. The molecule has 0 N–H and O–H groups in total. The van der Waals surface area contributed by atoms with Crippen LogP contribution < -0.4 is 19.1 Å². The predicted molar refractivity (Wildman–Crippen MR) is 137 cm³/mol. The van der Waals surface area contributed by atoms with Gasteiger partial charge in [0.1, 0.15) is 22.8 Å². The van der Waals surface area contributed by atoms with Crippen LogP contribution in [0.2, 0.25) is 0 Å². The van der Waals surface area contributed by atoms with Crippen LogP contribution >= 0.6 is 23.7 Å². The first-order valence-corrected chi connectivity index (χ1v) is 11.6. The number of amides is 1. The summed E-state index contributed by atoms with van der Waals surface area (Å²) >= 11 is 1.51. The maximum Gasteiger partial charge on any atom is 0.266 e. The van der Waals surface area contributed by atoms with Crippen molar-refractivity contribution in [1.29, 1.82) is 0 Å².